The fourth-order valence-corrected chi connectivity index (χ4v) is 6.44. The number of benzene rings is 5. The van der Waals surface area contributed by atoms with Crippen LogP contribution in [0.25, 0.3) is 21.5 Å². The fourth-order valence-electron chi connectivity index (χ4n) is 6.44. The van der Waals surface area contributed by atoms with Crippen molar-refractivity contribution in [2.75, 3.05) is 39.3 Å². The highest BCUT2D eigenvalue weighted by Gasteiger charge is 2.28. The van der Waals surface area contributed by atoms with Gasteiger partial charge in [-0.3, -0.25) is 14.5 Å². The number of fused-ring (bicyclic) bond motifs is 2. The van der Waals surface area contributed by atoms with E-state index in [4.69, 9.17) is 10.5 Å². The van der Waals surface area contributed by atoms with Crippen molar-refractivity contribution < 1.29 is 19.1 Å². The van der Waals surface area contributed by atoms with Crippen LogP contribution in [0.3, 0.4) is 0 Å². The van der Waals surface area contributed by atoms with E-state index in [1.807, 2.05) is 115 Å². The zero-order chi connectivity index (χ0) is 34.7. The second-order valence-electron chi connectivity index (χ2n) is 12.9. The third-order valence-electron chi connectivity index (χ3n) is 9.16. The van der Waals surface area contributed by atoms with Crippen LogP contribution in [0.15, 0.2) is 115 Å². The molecule has 0 unspecified atom stereocenters. The number of hydrogen-bond donors (Lipinski definition) is 2. The summed E-state index contributed by atoms with van der Waals surface area (Å²) < 4.78 is 5.97. The first-order valence-corrected chi connectivity index (χ1v) is 17.4. The summed E-state index contributed by atoms with van der Waals surface area (Å²) in [4.78, 5) is 46.8. The van der Waals surface area contributed by atoms with Gasteiger partial charge in [0.1, 0.15) is 19.2 Å². The number of nitrogens with two attached hydrogens (primary N) is 1. The molecule has 0 bridgehead atoms. The minimum atomic E-state index is -0.538. The number of hydrogen-bond acceptors (Lipinski definition) is 6. The van der Waals surface area contributed by atoms with E-state index in [1.165, 1.54) is 4.90 Å². The molecule has 6 rings (SSSR count). The summed E-state index contributed by atoms with van der Waals surface area (Å²) in [5.41, 5.74) is 8.68. The Morgan fingerprint density at radius 3 is 1.70 bits per heavy atom. The van der Waals surface area contributed by atoms with Crippen molar-refractivity contribution >= 4 is 39.5 Å². The minimum absolute atomic E-state index is 0.161. The van der Waals surface area contributed by atoms with Crippen LogP contribution in [0.5, 0.6) is 0 Å². The molecule has 0 spiro atoms. The van der Waals surface area contributed by atoms with E-state index < -0.39 is 6.09 Å². The van der Waals surface area contributed by atoms with Gasteiger partial charge in [-0.05, 0) is 76.3 Å². The highest BCUT2D eigenvalue weighted by molar-refractivity contribution is 5.88. The Hall–Kier alpha value is -5.25. The molecule has 3 amide bonds. The molecule has 0 aromatic heterocycles. The number of ether oxygens (including phenoxy) is 1. The number of rotatable bonds is 13. The van der Waals surface area contributed by atoms with E-state index in [9.17, 15) is 14.4 Å². The molecule has 258 valence electrons. The molecule has 5 aromatic carbocycles. The molecular formula is C41H45N5O4. The Kier molecular flexibility index (Phi) is 11.7. The van der Waals surface area contributed by atoms with Gasteiger partial charge in [0, 0.05) is 32.7 Å². The molecule has 1 aliphatic heterocycles. The van der Waals surface area contributed by atoms with Crippen LogP contribution < -0.4 is 11.1 Å². The molecule has 1 aliphatic rings. The van der Waals surface area contributed by atoms with E-state index in [0.29, 0.717) is 32.5 Å². The molecule has 50 heavy (non-hydrogen) atoms. The lowest BCUT2D eigenvalue weighted by Crippen LogP contribution is -2.48. The van der Waals surface area contributed by atoms with Gasteiger partial charge >= 0.3 is 6.09 Å². The van der Waals surface area contributed by atoms with Crippen LogP contribution in [-0.2, 0) is 34.0 Å². The second kappa shape index (κ2) is 16.9. The first kappa shape index (κ1) is 34.6. The van der Waals surface area contributed by atoms with Crippen molar-refractivity contribution in [1.29, 1.82) is 0 Å². The van der Waals surface area contributed by atoms with Crippen molar-refractivity contribution in [3.8, 4) is 0 Å². The van der Waals surface area contributed by atoms with Gasteiger partial charge in [-0.25, -0.2) is 4.79 Å². The normalized spacial score (nSPS) is 13.2. The van der Waals surface area contributed by atoms with E-state index >= 15 is 0 Å². The van der Waals surface area contributed by atoms with E-state index in [2.05, 4.69) is 5.32 Å². The standard InChI is InChI=1S/C41H45N5O4/c42-20-23-44(26-31-8-2-1-3-9-31)39(47)29-45(27-32-14-16-34-10-4-6-12-36(34)24-32)40(48)30-46(41(49)50-38-18-21-43-22-19-38)28-33-15-17-35-11-5-7-13-37(35)25-33/h1-17,24-25,38,43H,18-23,26-30,42H2. The molecule has 0 atom stereocenters. The summed E-state index contributed by atoms with van der Waals surface area (Å²) in [6.07, 6.45) is 0.662. The van der Waals surface area contributed by atoms with Gasteiger partial charge in [0.15, 0.2) is 0 Å². The molecule has 1 saturated heterocycles. The van der Waals surface area contributed by atoms with Crippen molar-refractivity contribution in [3.05, 3.63) is 132 Å². The zero-order valence-corrected chi connectivity index (χ0v) is 28.4. The van der Waals surface area contributed by atoms with Gasteiger partial charge in [-0.2, -0.15) is 0 Å². The number of nitrogens with zero attached hydrogens (tertiary/aromatic N) is 3. The molecule has 9 nitrogen and oxygen atoms in total. The van der Waals surface area contributed by atoms with Crippen molar-refractivity contribution in [3.63, 3.8) is 0 Å². The number of piperidine rings is 1. The van der Waals surface area contributed by atoms with Crippen molar-refractivity contribution in [2.24, 2.45) is 5.73 Å². The van der Waals surface area contributed by atoms with Gasteiger partial charge < -0.3 is 25.6 Å². The SMILES string of the molecule is NCCN(Cc1ccccc1)C(=O)CN(Cc1ccc2ccccc2c1)C(=O)CN(Cc1ccc2ccccc2c1)C(=O)OC1CCNCC1. The summed E-state index contributed by atoms with van der Waals surface area (Å²) in [5, 5.41) is 7.57. The highest BCUT2D eigenvalue weighted by atomic mass is 16.6. The molecule has 5 aromatic rings. The first-order valence-electron chi connectivity index (χ1n) is 17.4. The lowest BCUT2D eigenvalue weighted by atomic mass is 10.1. The maximum absolute atomic E-state index is 14.4. The largest absolute Gasteiger partial charge is 0.446 e. The fraction of sp³-hybridized carbons (Fsp3) is 0.293. The molecular weight excluding hydrogens is 626 g/mol. The third-order valence-corrected chi connectivity index (χ3v) is 9.16. The average Bonchev–Trinajstić information content (AvgIpc) is 3.14. The van der Waals surface area contributed by atoms with Gasteiger partial charge in [-0.15, -0.1) is 0 Å². The van der Waals surface area contributed by atoms with Crippen LogP contribution in [-0.4, -0.2) is 78.0 Å². The monoisotopic (exact) mass is 671 g/mol. The summed E-state index contributed by atoms with van der Waals surface area (Å²) in [6.45, 7) is 2.54. The predicted molar refractivity (Wildman–Crippen MR) is 197 cm³/mol. The Morgan fingerprint density at radius 2 is 1.10 bits per heavy atom. The molecule has 1 fully saturated rings. The van der Waals surface area contributed by atoms with Crippen LogP contribution in [0.4, 0.5) is 4.79 Å². The Bertz CT molecular complexity index is 1910. The highest BCUT2D eigenvalue weighted by Crippen LogP contribution is 2.20. The Labute approximate surface area is 293 Å². The summed E-state index contributed by atoms with van der Waals surface area (Å²) in [6, 6.07) is 37.9. The van der Waals surface area contributed by atoms with Crippen LogP contribution in [0.2, 0.25) is 0 Å². The minimum Gasteiger partial charge on any atom is -0.446 e. The molecule has 0 radical (unpaired) electrons. The second-order valence-corrected chi connectivity index (χ2v) is 12.9. The lowest BCUT2D eigenvalue weighted by molar-refractivity contribution is -0.142. The Morgan fingerprint density at radius 1 is 0.600 bits per heavy atom. The predicted octanol–water partition coefficient (Wildman–Crippen LogP) is 5.70. The number of carbonyl (C=O) groups excluding carboxylic acids is 3. The van der Waals surface area contributed by atoms with Crippen molar-refractivity contribution in [1.82, 2.24) is 20.0 Å². The zero-order valence-electron chi connectivity index (χ0n) is 28.4. The number of amides is 3. The van der Waals surface area contributed by atoms with Crippen LogP contribution >= 0.6 is 0 Å². The van der Waals surface area contributed by atoms with Crippen molar-refractivity contribution in [2.45, 2.75) is 38.6 Å². The summed E-state index contributed by atoms with van der Waals surface area (Å²) >= 11 is 0. The van der Waals surface area contributed by atoms with E-state index in [-0.39, 0.29) is 44.1 Å². The quantitative estimate of drug-likeness (QED) is 0.166. The molecule has 9 heteroatoms. The van der Waals surface area contributed by atoms with Crippen LogP contribution in [0.1, 0.15) is 29.5 Å². The number of nitrogens with one attached hydrogen (secondary N) is 1. The lowest BCUT2D eigenvalue weighted by Gasteiger charge is -2.31. The Balaban J connectivity index is 1.27. The van der Waals surface area contributed by atoms with E-state index in [1.54, 1.807) is 9.80 Å². The average molecular weight is 672 g/mol. The molecule has 0 saturated carbocycles. The van der Waals surface area contributed by atoms with Gasteiger partial charge in [0.2, 0.25) is 11.8 Å². The van der Waals surface area contributed by atoms with Gasteiger partial charge in [0.05, 0.1) is 0 Å². The number of carbonyl (C=O) groups is 3. The molecule has 3 N–H and O–H groups in total. The summed E-state index contributed by atoms with van der Waals surface area (Å²) in [5.74, 6) is -0.561. The maximum atomic E-state index is 14.4. The third kappa shape index (κ3) is 9.25. The van der Waals surface area contributed by atoms with Crippen LogP contribution in [0, 0.1) is 0 Å². The van der Waals surface area contributed by atoms with Gasteiger partial charge in [-0.1, -0.05) is 103 Å². The molecule has 0 aliphatic carbocycles. The topological polar surface area (TPSA) is 108 Å². The maximum Gasteiger partial charge on any atom is 0.410 e. The summed E-state index contributed by atoms with van der Waals surface area (Å²) in [7, 11) is 0. The van der Waals surface area contributed by atoms with Gasteiger partial charge in [0.25, 0.3) is 0 Å². The van der Waals surface area contributed by atoms with E-state index in [0.717, 1.165) is 51.3 Å². The smallest absolute Gasteiger partial charge is 0.410 e. The molecule has 1 heterocycles. The first-order chi connectivity index (χ1) is 24.4.